The summed E-state index contributed by atoms with van der Waals surface area (Å²) in [6, 6.07) is 12.4. The molecule has 3 nitrogen and oxygen atoms in total. The van der Waals surface area contributed by atoms with Crippen molar-refractivity contribution in [3.63, 3.8) is 0 Å². The third-order valence-corrected chi connectivity index (χ3v) is 2.33. The molecular formula is C16H25N3. The molecule has 0 amide bonds. The van der Waals surface area contributed by atoms with Crippen LogP contribution in [0.25, 0.3) is 0 Å². The van der Waals surface area contributed by atoms with Crippen LogP contribution in [-0.4, -0.2) is 19.1 Å². The number of H-pyrrole nitrogens is 1. The monoisotopic (exact) mass is 259 g/mol. The first-order chi connectivity index (χ1) is 9.26. The molecule has 1 aromatic carbocycles. The minimum Gasteiger partial charge on any atom is -0.375 e. The average molecular weight is 259 g/mol. The maximum Gasteiger partial charge on any atom is 0.102 e. The zero-order valence-corrected chi connectivity index (χ0v) is 12.2. The number of nitrogens with one attached hydrogen (secondary N) is 3. The quantitative estimate of drug-likeness (QED) is 0.737. The Morgan fingerprint density at radius 3 is 2.26 bits per heavy atom. The van der Waals surface area contributed by atoms with E-state index in [2.05, 4.69) is 60.0 Å². The standard InChI is InChI=1S/C9H13N.C5H8N2.C2H4/c1-8-4-3-5-9(6-8)7-10-2;1-6-5-3-2-4-7-5;1-2/h3-6,10H,7H2,1-2H3;2-4,6-7H,1H3;1-2H2. The van der Waals surface area contributed by atoms with E-state index in [9.17, 15) is 0 Å². The van der Waals surface area contributed by atoms with E-state index < -0.39 is 0 Å². The summed E-state index contributed by atoms with van der Waals surface area (Å²) >= 11 is 0. The molecule has 0 bridgehead atoms. The molecule has 0 radical (unpaired) electrons. The van der Waals surface area contributed by atoms with Crippen LogP contribution < -0.4 is 10.6 Å². The van der Waals surface area contributed by atoms with Crippen LogP contribution in [-0.2, 0) is 6.54 Å². The molecule has 19 heavy (non-hydrogen) atoms. The van der Waals surface area contributed by atoms with Gasteiger partial charge >= 0.3 is 0 Å². The third-order valence-electron chi connectivity index (χ3n) is 2.33. The molecule has 1 heterocycles. The third kappa shape index (κ3) is 7.84. The van der Waals surface area contributed by atoms with Gasteiger partial charge in [-0.1, -0.05) is 29.8 Å². The fourth-order valence-corrected chi connectivity index (χ4v) is 1.51. The van der Waals surface area contributed by atoms with E-state index in [1.165, 1.54) is 11.1 Å². The Balaban J connectivity index is 0.000000316. The zero-order chi connectivity index (χ0) is 14.5. The molecule has 0 saturated carbocycles. The predicted molar refractivity (Wildman–Crippen MR) is 85.5 cm³/mol. The Kier molecular flexibility index (Phi) is 9.94. The van der Waals surface area contributed by atoms with Crippen molar-refractivity contribution in [3.8, 4) is 0 Å². The molecule has 0 saturated heterocycles. The molecule has 0 spiro atoms. The van der Waals surface area contributed by atoms with Crippen LogP contribution in [0, 0.1) is 6.92 Å². The first-order valence-corrected chi connectivity index (χ1v) is 6.27. The van der Waals surface area contributed by atoms with Gasteiger partial charge in [0.1, 0.15) is 5.82 Å². The van der Waals surface area contributed by atoms with E-state index in [1.54, 1.807) is 0 Å². The summed E-state index contributed by atoms with van der Waals surface area (Å²) in [6.45, 7) is 9.07. The van der Waals surface area contributed by atoms with Crippen molar-refractivity contribution < 1.29 is 0 Å². The molecular weight excluding hydrogens is 234 g/mol. The zero-order valence-electron chi connectivity index (χ0n) is 12.2. The summed E-state index contributed by atoms with van der Waals surface area (Å²) < 4.78 is 0. The fourth-order valence-electron chi connectivity index (χ4n) is 1.51. The Hall–Kier alpha value is -2.00. The van der Waals surface area contributed by atoms with Gasteiger partial charge in [-0.05, 0) is 31.7 Å². The highest BCUT2D eigenvalue weighted by atomic mass is 14.9. The molecule has 0 aliphatic rings. The number of aryl methyl sites for hydroxylation is 1. The molecule has 0 fully saturated rings. The van der Waals surface area contributed by atoms with E-state index in [0.29, 0.717) is 0 Å². The summed E-state index contributed by atoms with van der Waals surface area (Å²) in [5, 5.41) is 6.06. The Morgan fingerprint density at radius 2 is 1.84 bits per heavy atom. The Morgan fingerprint density at radius 1 is 1.11 bits per heavy atom. The lowest BCUT2D eigenvalue weighted by molar-refractivity contribution is 0.817. The van der Waals surface area contributed by atoms with Gasteiger partial charge in [-0.15, -0.1) is 13.2 Å². The summed E-state index contributed by atoms with van der Waals surface area (Å²) in [6.07, 6.45) is 1.88. The highest BCUT2D eigenvalue weighted by molar-refractivity contribution is 5.32. The number of rotatable bonds is 3. The average Bonchev–Trinajstić information content (AvgIpc) is 2.95. The lowest BCUT2D eigenvalue weighted by Crippen LogP contribution is -2.04. The van der Waals surface area contributed by atoms with Crippen molar-refractivity contribution in [1.29, 1.82) is 0 Å². The normalized spacial score (nSPS) is 8.58. The van der Waals surface area contributed by atoms with Crippen molar-refractivity contribution in [2.75, 3.05) is 19.4 Å². The van der Waals surface area contributed by atoms with Gasteiger partial charge < -0.3 is 15.6 Å². The predicted octanol–water partition coefficient (Wildman–Crippen LogP) is 3.57. The summed E-state index contributed by atoms with van der Waals surface area (Å²) in [4.78, 5) is 2.98. The van der Waals surface area contributed by atoms with Crippen molar-refractivity contribution in [3.05, 3.63) is 66.9 Å². The maximum absolute atomic E-state index is 3.11. The van der Waals surface area contributed by atoms with E-state index in [1.807, 2.05) is 32.4 Å². The Bertz CT molecular complexity index is 421. The maximum atomic E-state index is 3.11. The van der Waals surface area contributed by atoms with Crippen LogP contribution in [0.1, 0.15) is 11.1 Å². The van der Waals surface area contributed by atoms with Gasteiger partial charge in [-0.2, -0.15) is 0 Å². The van der Waals surface area contributed by atoms with Crippen LogP contribution in [0.3, 0.4) is 0 Å². The minimum absolute atomic E-state index is 0.960. The van der Waals surface area contributed by atoms with Crippen LogP contribution in [0.5, 0.6) is 0 Å². The van der Waals surface area contributed by atoms with Gasteiger partial charge in [0.05, 0.1) is 0 Å². The summed E-state index contributed by atoms with van der Waals surface area (Å²) in [7, 11) is 3.84. The number of hydrogen-bond acceptors (Lipinski definition) is 2. The number of benzene rings is 1. The number of aromatic nitrogens is 1. The first-order valence-electron chi connectivity index (χ1n) is 6.27. The smallest absolute Gasteiger partial charge is 0.102 e. The molecule has 0 aliphatic carbocycles. The summed E-state index contributed by atoms with van der Waals surface area (Å²) in [5.74, 6) is 1.06. The van der Waals surface area contributed by atoms with Gasteiger partial charge in [0.25, 0.3) is 0 Å². The van der Waals surface area contributed by atoms with Crippen LogP contribution in [0.2, 0.25) is 0 Å². The number of hydrogen-bond donors (Lipinski definition) is 3. The van der Waals surface area contributed by atoms with E-state index in [4.69, 9.17) is 0 Å². The van der Waals surface area contributed by atoms with Gasteiger partial charge in [-0.25, -0.2) is 0 Å². The highest BCUT2D eigenvalue weighted by Gasteiger charge is 1.88. The van der Waals surface area contributed by atoms with Gasteiger partial charge in [0, 0.05) is 19.8 Å². The van der Waals surface area contributed by atoms with Gasteiger partial charge in [-0.3, -0.25) is 0 Å². The fraction of sp³-hybridized carbons (Fsp3) is 0.250. The second-order valence-electron chi connectivity index (χ2n) is 3.85. The highest BCUT2D eigenvalue weighted by Crippen LogP contribution is 2.02. The van der Waals surface area contributed by atoms with E-state index >= 15 is 0 Å². The van der Waals surface area contributed by atoms with Crippen molar-refractivity contribution >= 4 is 5.82 Å². The largest absolute Gasteiger partial charge is 0.375 e. The molecule has 0 aliphatic heterocycles. The SMILES string of the molecule is C=C.CNCc1cccc(C)c1.CNc1ccc[nH]1. The van der Waals surface area contributed by atoms with Crippen molar-refractivity contribution in [2.45, 2.75) is 13.5 Å². The number of aromatic amines is 1. The van der Waals surface area contributed by atoms with E-state index in [-0.39, 0.29) is 0 Å². The number of anilines is 1. The lowest BCUT2D eigenvalue weighted by Gasteiger charge is -1.99. The lowest BCUT2D eigenvalue weighted by atomic mass is 10.1. The molecule has 2 rings (SSSR count). The molecule has 3 N–H and O–H groups in total. The minimum atomic E-state index is 0.960. The first kappa shape index (κ1) is 17.0. The van der Waals surface area contributed by atoms with Gasteiger partial charge in [0.15, 0.2) is 0 Å². The Labute approximate surface area is 116 Å². The summed E-state index contributed by atoms with van der Waals surface area (Å²) in [5.41, 5.74) is 2.68. The molecule has 3 heteroatoms. The van der Waals surface area contributed by atoms with Crippen molar-refractivity contribution in [1.82, 2.24) is 10.3 Å². The molecule has 0 atom stereocenters. The van der Waals surface area contributed by atoms with Gasteiger partial charge in [0.2, 0.25) is 0 Å². The second-order valence-corrected chi connectivity index (χ2v) is 3.85. The molecule has 1 aromatic heterocycles. The van der Waals surface area contributed by atoms with Crippen LogP contribution in [0.15, 0.2) is 55.8 Å². The van der Waals surface area contributed by atoms with Crippen LogP contribution >= 0.6 is 0 Å². The molecule has 2 aromatic rings. The molecule has 104 valence electrons. The van der Waals surface area contributed by atoms with Crippen LogP contribution in [0.4, 0.5) is 5.82 Å². The second kappa shape index (κ2) is 11.1. The van der Waals surface area contributed by atoms with Crippen molar-refractivity contribution in [2.24, 2.45) is 0 Å². The molecule has 0 unspecified atom stereocenters. The van der Waals surface area contributed by atoms with E-state index in [0.717, 1.165) is 12.4 Å². The topological polar surface area (TPSA) is 39.8 Å².